The van der Waals surface area contributed by atoms with Crippen molar-refractivity contribution in [1.82, 2.24) is 0 Å². The molecule has 0 saturated heterocycles. The number of para-hydroxylation sites is 1. The van der Waals surface area contributed by atoms with Gasteiger partial charge in [0.1, 0.15) is 5.69 Å². The Kier molecular flexibility index (Phi) is 2.23. The number of hydrogen-bond donors (Lipinski definition) is 1. The number of nitrogens with one attached hydrogen (secondary N) is 1. The SMILES string of the molecule is Cc1cccc([N+](=O)[O-])c1NF. The Labute approximate surface area is 68.1 Å². The van der Waals surface area contributed by atoms with Gasteiger partial charge in [-0.3, -0.25) is 10.1 Å². The number of benzene rings is 1. The second kappa shape index (κ2) is 3.17. The van der Waals surface area contributed by atoms with Crippen molar-refractivity contribution in [2.45, 2.75) is 6.92 Å². The number of hydrogen-bond acceptors (Lipinski definition) is 3. The third-order valence-electron chi connectivity index (χ3n) is 1.54. The van der Waals surface area contributed by atoms with Crippen LogP contribution in [0.15, 0.2) is 18.2 Å². The van der Waals surface area contributed by atoms with Gasteiger partial charge >= 0.3 is 0 Å². The molecule has 0 aromatic heterocycles. The van der Waals surface area contributed by atoms with Crippen LogP contribution < -0.4 is 5.54 Å². The standard InChI is InChI=1S/C7H7FN2O2/c1-5-3-2-4-6(10(11)12)7(5)9-8/h2-4,9H,1H3. The zero-order valence-electron chi connectivity index (χ0n) is 6.37. The molecule has 4 nitrogen and oxygen atoms in total. The van der Waals surface area contributed by atoms with Crippen molar-refractivity contribution < 1.29 is 9.40 Å². The summed E-state index contributed by atoms with van der Waals surface area (Å²) in [5.41, 5.74) is 1.48. The van der Waals surface area contributed by atoms with Gasteiger partial charge in [0.2, 0.25) is 0 Å². The van der Waals surface area contributed by atoms with Crippen molar-refractivity contribution in [3.05, 3.63) is 33.9 Å². The molecule has 0 bridgehead atoms. The third-order valence-corrected chi connectivity index (χ3v) is 1.54. The predicted octanol–water partition coefficient (Wildman–Crippen LogP) is 2.20. The Morgan fingerprint density at radius 2 is 2.25 bits per heavy atom. The highest BCUT2D eigenvalue weighted by atomic mass is 19.2. The predicted molar refractivity (Wildman–Crippen MR) is 42.6 cm³/mol. The van der Waals surface area contributed by atoms with Crippen LogP contribution in [-0.4, -0.2) is 4.92 Å². The Balaban J connectivity index is 3.27. The minimum Gasteiger partial charge on any atom is -0.258 e. The second-order valence-corrected chi connectivity index (χ2v) is 2.32. The average Bonchev–Trinajstić information content (AvgIpc) is 2.03. The fraction of sp³-hybridized carbons (Fsp3) is 0.143. The smallest absolute Gasteiger partial charge is 0.258 e. The van der Waals surface area contributed by atoms with Crippen molar-refractivity contribution in [3.63, 3.8) is 0 Å². The Morgan fingerprint density at radius 1 is 1.58 bits per heavy atom. The maximum absolute atomic E-state index is 12.1. The lowest BCUT2D eigenvalue weighted by Gasteiger charge is -2.01. The molecule has 0 aliphatic rings. The molecule has 0 spiro atoms. The average molecular weight is 170 g/mol. The maximum atomic E-state index is 12.1. The van der Waals surface area contributed by atoms with Gasteiger partial charge in [-0.25, -0.2) is 5.54 Å². The molecule has 12 heavy (non-hydrogen) atoms. The summed E-state index contributed by atoms with van der Waals surface area (Å²) in [4.78, 5) is 9.70. The van der Waals surface area contributed by atoms with Gasteiger partial charge in [-0.05, 0) is 12.5 Å². The number of anilines is 1. The largest absolute Gasteiger partial charge is 0.295 e. The molecule has 5 heteroatoms. The van der Waals surface area contributed by atoms with Gasteiger partial charge in [0.05, 0.1) is 4.92 Å². The summed E-state index contributed by atoms with van der Waals surface area (Å²) in [7, 11) is 0. The fourth-order valence-electron chi connectivity index (χ4n) is 0.927. The van der Waals surface area contributed by atoms with Crippen molar-refractivity contribution in [3.8, 4) is 0 Å². The van der Waals surface area contributed by atoms with Crippen molar-refractivity contribution in [1.29, 1.82) is 0 Å². The molecule has 0 amide bonds. The molecule has 0 aliphatic heterocycles. The highest BCUT2D eigenvalue weighted by molar-refractivity contribution is 5.64. The number of nitro benzene ring substituents is 1. The van der Waals surface area contributed by atoms with Crippen LogP contribution in [0.25, 0.3) is 0 Å². The normalized spacial score (nSPS) is 9.50. The van der Waals surface area contributed by atoms with Crippen LogP contribution in [0.4, 0.5) is 15.9 Å². The van der Waals surface area contributed by atoms with Crippen LogP contribution in [0.3, 0.4) is 0 Å². The van der Waals surface area contributed by atoms with Gasteiger partial charge in [-0.15, -0.1) is 4.48 Å². The van der Waals surface area contributed by atoms with Crippen LogP contribution in [0.1, 0.15) is 5.56 Å². The molecule has 1 N–H and O–H groups in total. The van der Waals surface area contributed by atoms with E-state index in [1.165, 1.54) is 17.7 Å². The number of halogens is 1. The summed E-state index contributed by atoms with van der Waals surface area (Å²) in [6.07, 6.45) is 0. The topological polar surface area (TPSA) is 55.2 Å². The molecule has 0 heterocycles. The molecule has 0 fully saturated rings. The van der Waals surface area contributed by atoms with Gasteiger partial charge in [-0.1, -0.05) is 12.1 Å². The first-order valence-electron chi connectivity index (χ1n) is 3.27. The van der Waals surface area contributed by atoms with E-state index in [4.69, 9.17) is 0 Å². The highest BCUT2D eigenvalue weighted by Crippen LogP contribution is 2.27. The lowest BCUT2D eigenvalue weighted by Crippen LogP contribution is -1.95. The quantitative estimate of drug-likeness (QED) is 0.420. The number of nitro groups is 1. The number of rotatable bonds is 2. The van der Waals surface area contributed by atoms with E-state index in [1.807, 2.05) is 0 Å². The second-order valence-electron chi connectivity index (χ2n) is 2.32. The molecule has 64 valence electrons. The fourth-order valence-corrected chi connectivity index (χ4v) is 0.927. The summed E-state index contributed by atoms with van der Waals surface area (Å²) in [5.74, 6) is 0. The summed E-state index contributed by atoms with van der Waals surface area (Å²) in [6.45, 7) is 1.59. The molecule has 0 aliphatic carbocycles. The summed E-state index contributed by atoms with van der Waals surface area (Å²) in [6, 6.07) is 4.35. The van der Waals surface area contributed by atoms with Crippen LogP contribution in [-0.2, 0) is 0 Å². The van der Waals surface area contributed by atoms with Crippen molar-refractivity contribution >= 4 is 11.4 Å². The molecule has 0 radical (unpaired) electrons. The van der Waals surface area contributed by atoms with E-state index in [0.29, 0.717) is 5.56 Å². The van der Waals surface area contributed by atoms with E-state index in [2.05, 4.69) is 0 Å². The van der Waals surface area contributed by atoms with Crippen LogP contribution in [0, 0.1) is 17.0 Å². The molecular weight excluding hydrogens is 163 g/mol. The summed E-state index contributed by atoms with van der Waals surface area (Å²) in [5, 5.41) is 10.3. The minimum absolute atomic E-state index is 0.0810. The van der Waals surface area contributed by atoms with Crippen LogP contribution >= 0.6 is 0 Å². The van der Waals surface area contributed by atoms with Gasteiger partial charge in [0, 0.05) is 6.07 Å². The molecule has 0 saturated carbocycles. The number of aryl methyl sites for hydroxylation is 1. The Bertz CT molecular complexity index is 314. The minimum atomic E-state index is -0.630. The van der Waals surface area contributed by atoms with E-state index in [0.717, 1.165) is 0 Å². The van der Waals surface area contributed by atoms with E-state index in [9.17, 15) is 14.6 Å². The van der Waals surface area contributed by atoms with E-state index in [-0.39, 0.29) is 11.4 Å². The van der Waals surface area contributed by atoms with E-state index >= 15 is 0 Å². The first kappa shape index (κ1) is 8.45. The first-order chi connectivity index (χ1) is 5.66. The van der Waals surface area contributed by atoms with Crippen LogP contribution in [0.5, 0.6) is 0 Å². The van der Waals surface area contributed by atoms with Crippen molar-refractivity contribution in [2.24, 2.45) is 0 Å². The maximum Gasteiger partial charge on any atom is 0.295 e. The summed E-state index contributed by atoms with van der Waals surface area (Å²) < 4.78 is 12.1. The molecular formula is C7H7FN2O2. The first-order valence-corrected chi connectivity index (χ1v) is 3.27. The zero-order valence-corrected chi connectivity index (χ0v) is 6.37. The number of nitrogens with zero attached hydrogens (tertiary/aromatic N) is 1. The highest BCUT2D eigenvalue weighted by Gasteiger charge is 2.14. The van der Waals surface area contributed by atoms with E-state index < -0.39 is 4.92 Å². The zero-order chi connectivity index (χ0) is 9.14. The monoisotopic (exact) mass is 170 g/mol. The molecule has 0 atom stereocenters. The Hall–Kier alpha value is -1.65. The Morgan fingerprint density at radius 3 is 2.67 bits per heavy atom. The molecule has 0 unspecified atom stereocenters. The lowest BCUT2D eigenvalue weighted by molar-refractivity contribution is -0.384. The molecule has 1 aromatic rings. The molecule has 1 rings (SSSR count). The molecule has 1 aromatic carbocycles. The van der Waals surface area contributed by atoms with Gasteiger partial charge in [0.25, 0.3) is 5.69 Å². The van der Waals surface area contributed by atoms with Crippen LogP contribution in [0.2, 0.25) is 0 Å². The lowest BCUT2D eigenvalue weighted by atomic mass is 10.2. The summed E-state index contributed by atoms with van der Waals surface area (Å²) >= 11 is 0. The third kappa shape index (κ3) is 1.34. The van der Waals surface area contributed by atoms with E-state index in [1.54, 1.807) is 13.0 Å². The van der Waals surface area contributed by atoms with Crippen molar-refractivity contribution in [2.75, 3.05) is 5.54 Å². The van der Waals surface area contributed by atoms with Gasteiger partial charge in [0.15, 0.2) is 0 Å². The van der Waals surface area contributed by atoms with Gasteiger partial charge in [-0.2, -0.15) is 0 Å². The van der Waals surface area contributed by atoms with Gasteiger partial charge < -0.3 is 0 Å².